The molecule has 0 bridgehead atoms. The summed E-state index contributed by atoms with van der Waals surface area (Å²) in [4.78, 5) is 13.7. The molecule has 2 rings (SSSR count). The number of amides is 1. The van der Waals surface area contributed by atoms with Crippen molar-refractivity contribution in [2.75, 3.05) is 7.05 Å². The third-order valence-electron chi connectivity index (χ3n) is 2.63. The molecule has 0 unspecified atom stereocenters. The maximum atomic E-state index is 12.1. The van der Waals surface area contributed by atoms with Gasteiger partial charge in [-0.1, -0.05) is 23.7 Å². The zero-order valence-electron chi connectivity index (χ0n) is 10.3. The van der Waals surface area contributed by atoms with Gasteiger partial charge in [0.05, 0.1) is 11.8 Å². The van der Waals surface area contributed by atoms with Crippen molar-refractivity contribution in [3.8, 4) is 0 Å². The van der Waals surface area contributed by atoms with E-state index in [0.717, 1.165) is 5.56 Å². The lowest BCUT2D eigenvalue weighted by Crippen LogP contribution is -2.25. The van der Waals surface area contributed by atoms with Gasteiger partial charge >= 0.3 is 0 Å². The molecule has 0 atom stereocenters. The fourth-order valence-corrected chi connectivity index (χ4v) is 1.81. The van der Waals surface area contributed by atoms with Gasteiger partial charge in [-0.05, 0) is 17.7 Å². The van der Waals surface area contributed by atoms with E-state index in [1.807, 2.05) is 24.3 Å². The van der Waals surface area contributed by atoms with E-state index < -0.39 is 0 Å². The summed E-state index contributed by atoms with van der Waals surface area (Å²) in [7, 11) is 3.56. The molecular weight excluding hydrogens is 250 g/mol. The molecule has 0 spiro atoms. The third-order valence-corrected chi connectivity index (χ3v) is 2.88. The van der Waals surface area contributed by atoms with Crippen LogP contribution < -0.4 is 0 Å². The van der Waals surface area contributed by atoms with Crippen LogP contribution in [0, 0.1) is 0 Å². The normalized spacial score (nSPS) is 10.4. The first-order valence-electron chi connectivity index (χ1n) is 5.55. The van der Waals surface area contributed by atoms with E-state index in [0.29, 0.717) is 17.1 Å². The van der Waals surface area contributed by atoms with Gasteiger partial charge in [-0.2, -0.15) is 5.10 Å². The lowest BCUT2D eigenvalue weighted by Gasteiger charge is -2.16. The van der Waals surface area contributed by atoms with E-state index in [1.54, 1.807) is 36.1 Å². The number of aryl methyl sites for hydroxylation is 1. The Hall–Kier alpha value is -1.81. The number of hydrogen-bond acceptors (Lipinski definition) is 2. The Morgan fingerprint density at radius 2 is 2.06 bits per heavy atom. The molecule has 2 aromatic rings. The van der Waals surface area contributed by atoms with E-state index >= 15 is 0 Å². The highest BCUT2D eigenvalue weighted by Crippen LogP contribution is 2.12. The molecule has 1 aromatic heterocycles. The number of carbonyl (C=O) groups is 1. The van der Waals surface area contributed by atoms with E-state index in [2.05, 4.69) is 5.10 Å². The number of carbonyl (C=O) groups excluding carboxylic acids is 1. The maximum Gasteiger partial charge on any atom is 0.257 e. The van der Waals surface area contributed by atoms with Crippen molar-refractivity contribution < 1.29 is 4.79 Å². The largest absolute Gasteiger partial charge is 0.337 e. The number of hydrogen-bond donors (Lipinski definition) is 0. The maximum absolute atomic E-state index is 12.1. The molecule has 0 saturated heterocycles. The zero-order chi connectivity index (χ0) is 13.1. The minimum Gasteiger partial charge on any atom is -0.337 e. The average Bonchev–Trinajstić information content (AvgIpc) is 2.78. The van der Waals surface area contributed by atoms with Crippen LogP contribution in [0.5, 0.6) is 0 Å². The molecule has 5 heteroatoms. The average molecular weight is 264 g/mol. The number of aromatic nitrogens is 2. The summed E-state index contributed by atoms with van der Waals surface area (Å²) in [5, 5.41) is 4.68. The molecule has 0 saturated carbocycles. The summed E-state index contributed by atoms with van der Waals surface area (Å²) >= 11 is 5.82. The Labute approximate surface area is 111 Å². The second-order valence-corrected chi connectivity index (χ2v) is 4.63. The van der Waals surface area contributed by atoms with Crippen molar-refractivity contribution in [1.29, 1.82) is 0 Å². The topological polar surface area (TPSA) is 38.1 Å². The van der Waals surface area contributed by atoms with Crippen molar-refractivity contribution in [2.24, 2.45) is 7.05 Å². The summed E-state index contributed by atoms with van der Waals surface area (Å²) in [6.07, 6.45) is 3.28. The molecule has 0 aliphatic carbocycles. The molecule has 1 heterocycles. The fraction of sp³-hybridized carbons (Fsp3) is 0.231. The van der Waals surface area contributed by atoms with Crippen LogP contribution in [0.15, 0.2) is 36.7 Å². The highest BCUT2D eigenvalue weighted by molar-refractivity contribution is 6.30. The third kappa shape index (κ3) is 2.90. The van der Waals surface area contributed by atoms with Gasteiger partial charge in [-0.3, -0.25) is 9.48 Å². The Kier molecular flexibility index (Phi) is 3.67. The lowest BCUT2D eigenvalue weighted by molar-refractivity contribution is 0.0785. The molecule has 0 radical (unpaired) electrons. The molecule has 18 heavy (non-hydrogen) atoms. The van der Waals surface area contributed by atoms with Crippen LogP contribution in [0.4, 0.5) is 0 Å². The first kappa shape index (κ1) is 12.6. The molecule has 0 fully saturated rings. The molecule has 1 amide bonds. The van der Waals surface area contributed by atoms with Gasteiger partial charge in [0.25, 0.3) is 5.91 Å². The van der Waals surface area contributed by atoms with Gasteiger partial charge in [0.2, 0.25) is 0 Å². The van der Waals surface area contributed by atoms with Crippen LogP contribution in [0.25, 0.3) is 0 Å². The summed E-state index contributed by atoms with van der Waals surface area (Å²) in [6.45, 7) is 0.547. The summed E-state index contributed by atoms with van der Waals surface area (Å²) in [6, 6.07) is 7.46. The minimum absolute atomic E-state index is 0.0435. The smallest absolute Gasteiger partial charge is 0.257 e. The molecule has 0 N–H and O–H groups in total. The van der Waals surface area contributed by atoms with Crippen molar-refractivity contribution in [3.05, 3.63) is 52.8 Å². The number of nitrogens with zero attached hydrogens (tertiary/aromatic N) is 3. The predicted molar refractivity (Wildman–Crippen MR) is 70.5 cm³/mol. The first-order valence-corrected chi connectivity index (χ1v) is 5.92. The quantitative estimate of drug-likeness (QED) is 0.853. The minimum atomic E-state index is -0.0435. The van der Waals surface area contributed by atoms with Gasteiger partial charge in [-0.25, -0.2) is 0 Å². The Bertz CT molecular complexity index is 548. The van der Waals surface area contributed by atoms with Crippen LogP contribution >= 0.6 is 11.6 Å². The van der Waals surface area contributed by atoms with E-state index in [1.165, 1.54) is 0 Å². The SMILES string of the molecule is CN(Cc1ccc(Cl)cc1)C(=O)c1cnn(C)c1. The number of halogens is 1. The van der Waals surface area contributed by atoms with Crippen molar-refractivity contribution in [2.45, 2.75) is 6.54 Å². The second-order valence-electron chi connectivity index (χ2n) is 4.19. The molecular formula is C13H14ClN3O. The van der Waals surface area contributed by atoms with Gasteiger partial charge in [0, 0.05) is 31.9 Å². The zero-order valence-corrected chi connectivity index (χ0v) is 11.1. The lowest BCUT2D eigenvalue weighted by atomic mass is 10.2. The Morgan fingerprint density at radius 1 is 1.39 bits per heavy atom. The highest BCUT2D eigenvalue weighted by atomic mass is 35.5. The Balaban J connectivity index is 2.05. The van der Waals surface area contributed by atoms with Crippen LogP contribution in [-0.4, -0.2) is 27.6 Å². The molecule has 4 nitrogen and oxygen atoms in total. The van der Waals surface area contributed by atoms with Crippen molar-refractivity contribution >= 4 is 17.5 Å². The highest BCUT2D eigenvalue weighted by Gasteiger charge is 2.13. The van der Waals surface area contributed by atoms with Crippen LogP contribution in [-0.2, 0) is 13.6 Å². The molecule has 1 aromatic carbocycles. The van der Waals surface area contributed by atoms with Gasteiger partial charge in [-0.15, -0.1) is 0 Å². The first-order chi connectivity index (χ1) is 8.56. The monoisotopic (exact) mass is 263 g/mol. The van der Waals surface area contributed by atoms with Crippen molar-refractivity contribution in [1.82, 2.24) is 14.7 Å². The van der Waals surface area contributed by atoms with E-state index in [4.69, 9.17) is 11.6 Å². The van der Waals surface area contributed by atoms with Crippen LogP contribution in [0.3, 0.4) is 0 Å². The van der Waals surface area contributed by atoms with Crippen LogP contribution in [0.2, 0.25) is 5.02 Å². The van der Waals surface area contributed by atoms with Gasteiger partial charge in [0.1, 0.15) is 0 Å². The summed E-state index contributed by atoms with van der Waals surface area (Å²) < 4.78 is 1.61. The van der Waals surface area contributed by atoms with Crippen molar-refractivity contribution in [3.63, 3.8) is 0 Å². The standard InChI is InChI=1S/C13H14ClN3O/c1-16(8-10-3-5-12(14)6-4-10)13(18)11-7-15-17(2)9-11/h3-7,9H,8H2,1-2H3. The summed E-state index contributed by atoms with van der Waals surface area (Å²) in [5.41, 5.74) is 1.63. The number of rotatable bonds is 3. The van der Waals surface area contributed by atoms with Crippen LogP contribution in [0.1, 0.15) is 15.9 Å². The van der Waals surface area contributed by atoms with E-state index in [9.17, 15) is 4.79 Å². The van der Waals surface area contributed by atoms with Gasteiger partial charge in [0.15, 0.2) is 0 Å². The Morgan fingerprint density at radius 3 is 2.61 bits per heavy atom. The van der Waals surface area contributed by atoms with Gasteiger partial charge < -0.3 is 4.90 Å². The predicted octanol–water partition coefficient (Wildman–Crippen LogP) is 2.35. The molecule has 0 aliphatic heterocycles. The number of benzene rings is 1. The molecule has 0 aliphatic rings. The fourth-order valence-electron chi connectivity index (χ4n) is 1.69. The summed E-state index contributed by atoms with van der Waals surface area (Å²) in [5.74, 6) is -0.0435. The molecule has 94 valence electrons. The second kappa shape index (κ2) is 5.23. The van der Waals surface area contributed by atoms with E-state index in [-0.39, 0.29) is 5.91 Å².